The fourth-order valence-corrected chi connectivity index (χ4v) is 7.82. The third-order valence-corrected chi connectivity index (χ3v) is 9.53. The summed E-state index contributed by atoms with van der Waals surface area (Å²) in [7, 11) is 0. The molecule has 1 N–H and O–H groups in total. The number of halogens is 1. The first-order valence-electron chi connectivity index (χ1n) is 12.7. The van der Waals surface area contributed by atoms with Gasteiger partial charge >= 0.3 is 0 Å². The monoisotopic (exact) mass is 562 g/mol. The van der Waals surface area contributed by atoms with Crippen molar-refractivity contribution in [1.29, 1.82) is 0 Å². The van der Waals surface area contributed by atoms with Crippen molar-refractivity contribution in [2.45, 2.75) is 10.2 Å². The fraction of sp³-hybridized carbons (Fsp3) is 0.156. The predicted molar refractivity (Wildman–Crippen MR) is 149 cm³/mol. The summed E-state index contributed by atoms with van der Waals surface area (Å²) in [4.78, 5) is 41.8. The van der Waals surface area contributed by atoms with Crippen LogP contribution in [0.25, 0.3) is 11.1 Å². The Balaban J connectivity index is 1.16. The summed E-state index contributed by atoms with van der Waals surface area (Å²) in [5.41, 5.74) is 6.91. The second-order valence-electron chi connectivity index (χ2n) is 10.1. The van der Waals surface area contributed by atoms with Crippen LogP contribution in [0.2, 0.25) is 0 Å². The van der Waals surface area contributed by atoms with Crippen LogP contribution in [0.4, 0.5) is 5.69 Å². The van der Waals surface area contributed by atoms with Crippen LogP contribution in [-0.2, 0) is 18.7 Å². The van der Waals surface area contributed by atoms with Crippen LogP contribution in [0.15, 0.2) is 103 Å². The lowest BCUT2D eigenvalue weighted by atomic mass is 9.55. The topological polar surface area (TPSA) is 66.5 Å². The zero-order valence-corrected chi connectivity index (χ0v) is 21.9. The highest BCUT2D eigenvalue weighted by molar-refractivity contribution is 9.09. The Morgan fingerprint density at radius 1 is 0.737 bits per heavy atom. The molecule has 0 aromatic heterocycles. The molecule has 0 radical (unpaired) electrons. The van der Waals surface area contributed by atoms with Crippen molar-refractivity contribution in [3.05, 3.63) is 125 Å². The van der Waals surface area contributed by atoms with E-state index in [1.807, 2.05) is 103 Å². The summed E-state index contributed by atoms with van der Waals surface area (Å²) in [5, 5.41) is 2.85. The van der Waals surface area contributed by atoms with Crippen LogP contribution in [0.1, 0.15) is 28.2 Å². The molecule has 6 heteroatoms. The zero-order chi connectivity index (χ0) is 26.0. The van der Waals surface area contributed by atoms with E-state index in [0.29, 0.717) is 5.69 Å². The second kappa shape index (κ2) is 8.50. The predicted octanol–water partition coefficient (Wildman–Crippen LogP) is 5.69. The molecule has 1 aliphatic heterocycles. The molecule has 4 aliphatic rings. The van der Waals surface area contributed by atoms with Crippen LogP contribution in [-0.4, -0.2) is 29.2 Å². The average Bonchev–Trinajstić information content (AvgIpc) is 3.20. The lowest BCUT2D eigenvalue weighted by Gasteiger charge is -2.51. The molecule has 38 heavy (non-hydrogen) atoms. The second-order valence-corrected chi connectivity index (χ2v) is 11.4. The Morgan fingerprint density at radius 2 is 1.29 bits per heavy atom. The maximum Gasteiger partial charge on any atom is 0.244 e. The van der Waals surface area contributed by atoms with Crippen LogP contribution in [0.3, 0.4) is 0 Å². The summed E-state index contributed by atoms with van der Waals surface area (Å²) in [6.07, 6.45) is 0. The van der Waals surface area contributed by atoms with Gasteiger partial charge in [-0.25, -0.2) is 0 Å². The number of hydrogen-bond donors (Lipinski definition) is 1. The summed E-state index contributed by atoms with van der Waals surface area (Å²) in [6, 6.07) is 33.6. The molecule has 8 rings (SSSR count). The maximum atomic E-state index is 13.8. The third kappa shape index (κ3) is 3.19. The minimum atomic E-state index is -0.815. The molecule has 4 aromatic carbocycles. The van der Waals surface area contributed by atoms with E-state index in [-0.39, 0.29) is 24.3 Å². The first kappa shape index (κ1) is 23.1. The SMILES string of the molecule is O=C(CN1C(=O)[C@H]2C3c4ccccc4C(Br)(c4ccccc43)[C@H]2C1=O)Nc1ccc(-c2ccccc2)cc1. The smallest absolute Gasteiger partial charge is 0.244 e. The molecule has 3 aliphatic carbocycles. The van der Waals surface area contributed by atoms with E-state index in [1.54, 1.807) is 0 Å². The van der Waals surface area contributed by atoms with Gasteiger partial charge in [0.2, 0.25) is 17.7 Å². The number of hydrogen-bond acceptors (Lipinski definition) is 3. The molecule has 1 fully saturated rings. The molecule has 2 atom stereocenters. The van der Waals surface area contributed by atoms with Gasteiger partial charge in [0.1, 0.15) is 6.54 Å². The number of benzene rings is 4. The fourth-order valence-electron chi connectivity index (χ4n) is 6.62. The average molecular weight is 563 g/mol. The van der Waals surface area contributed by atoms with Gasteiger partial charge in [-0.2, -0.15) is 0 Å². The normalized spacial score (nSPS) is 24.6. The maximum absolute atomic E-state index is 13.8. The van der Waals surface area contributed by atoms with E-state index in [0.717, 1.165) is 38.3 Å². The Morgan fingerprint density at radius 3 is 1.92 bits per heavy atom. The molecule has 0 spiro atoms. The molecule has 2 bridgehead atoms. The standard InChI is InChI=1S/C32H23BrN2O3/c33-32-24-12-6-4-10-22(24)27(23-11-5-7-13-25(23)32)28-29(32)31(38)35(30(28)37)18-26(36)34-21-16-14-20(15-17-21)19-8-2-1-3-9-19/h1-17,27-29H,18H2,(H,34,36)/t27?,28-,29+,32?/m0/s1. The van der Waals surface area contributed by atoms with Gasteiger partial charge in [0.05, 0.1) is 16.2 Å². The first-order chi connectivity index (χ1) is 18.5. The molecular weight excluding hydrogens is 540 g/mol. The molecule has 1 heterocycles. The number of carbonyl (C=O) groups is 3. The number of anilines is 1. The van der Waals surface area contributed by atoms with Gasteiger partial charge in [0.25, 0.3) is 0 Å². The van der Waals surface area contributed by atoms with Crippen LogP contribution < -0.4 is 5.32 Å². The van der Waals surface area contributed by atoms with E-state index < -0.39 is 22.1 Å². The number of likely N-dealkylation sites (tertiary alicyclic amines) is 1. The highest BCUT2D eigenvalue weighted by Crippen LogP contribution is 2.66. The van der Waals surface area contributed by atoms with E-state index in [1.165, 1.54) is 0 Å². The van der Waals surface area contributed by atoms with E-state index in [2.05, 4.69) is 21.2 Å². The number of nitrogens with one attached hydrogen (secondary N) is 1. The molecule has 5 nitrogen and oxygen atoms in total. The molecule has 0 unspecified atom stereocenters. The summed E-state index contributed by atoms with van der Waals surface area (Å²) < 4.78 is -0.815. The largest absolute Gasteiger partial charge is 0.325 e. The summed E-state index contributed by atoms with van der Waals surface area (Å²) in [5.74, 6) is -2.37. The Labute approximate surface area is 228 Å². The van der Waals surface area contributed by atoms with E-state index in [9.17, 15) is 14.4 Å². The highest BCUT2D eigenvalue weighted by atomic mass is 79.9. The summed E-state index contributed by atoms with van der Waals surface area (Å²) in [6.45, 7) is -0.312. The Kier molecular flexibility index (Phi) is 5.17. The van der Waals surface area contributed by atoms with Crippen LogP contribution >= 0.6 is 15.9 Å². The van der Waals surface area contributed by atoms with Gasteiger partial charge in [-0.15, -0.1) is 0 Å². The van der Waals surface area contributed by atoms with Crippen molar-refractivity contribution in [1.82, 2.24) is 4.90 Å². The van der Waals surface area contributed by atoms with Gasteiger partial charge in [-0.3, -0.25) is 19.3 Å². The van der Waals surface area contributed by atoms with E-state index >= 15 is 0 Å². The number of nitrogens with zero attached hydrogens (tertiary/aromatic N) is 1. The number of alkyl halides is 1. The van der Waals surface area contributed by atoms with Crippen LogP contribution in [0, 0.1) is 11.8 Å². The molecular formula is C32H23BrN2O3. The number of amides is 3. The number of carbonyl (C=O) groups excluding carboxylic acids is 3. The molecule has 3 amide bonds. The number of imide groups is 1. The van der Waals surface area contributed by atoms with Gasteiger partial charge in [0, 0.05) is 11.6 Å². The van der Waals surface area contributed by atoms with Crippen molar-refractivity contribution in [2.75, 3.05) is 11.9 Å². The van der Waals surface area contributed by atoms with Gasteiger partial charge in [-0.1, -0.05) is 107 Å². The lowest BCUT2D eigenvalue weighted by molar-refractivity contribution is -0.142. The minimum absolute atomic E-state index is 0.220. The van der Waals surface area contributed by atoms with Crippen molar-refractivity contribution in [3.63, 3.8) is 0 Å². The van der Waals surface area contributed by atoms with Gasteiger partial charge in [-0.05, 0) is 45.5 Å². The van der Waals surface area contributed by atoms with Crippen molar-refractivity contribution >= 4 is 39.3 Å². The Hall–Kier alpha value is -4.03. The minimum Gasteiger partial charge on any atom is -0.325 e. The van der Waals surface area contributed by atoms with Crippen LogP contribution in [0.5, 0.6) is 0 Å². The lowest BCUT2D eigenvalue weighted by Crippen LogP contribution is -2.50. The molecule has 0 saturated carbocycles. The van der Waals surface area contributed by atoms with Gasteiger partial charge < -0.3 is 5.32 Å². The molecule has 1 saturated heterocycles. The van der Waals surface area contributed by atoms with Crippen molar-refractivity contribution in [2.24, 2.45) is 11.8 Å². The first-order valence-corrected chi connectivity index (χ1v) is 13.5. The highest BCUT2D eigenvalue weighted by Gasteiger charge is 2.67. The van der Waals surface area contributed by atoms with Crippen molar-refractivity contribution < 1.29 is 14.4 Å². The Bertz CT molecular complexity index is 1570. The molecule has 186 valence electrons. The van der Waals surface area contributed by atoms with Gasteiger partial charge in [0.15, 0.2) is 0 Å². The third-order valence-electron chi connectivity index (χ3n) is 8.18. The summed E-state index contributed by atoms with van der Waals surface area (Å²) >= 11 is 3.98. The molecule has 4 aromatic rings. The van der Waals surface area contributed by atoms with Crippen molar-refractivity contribution in [3.8, 4) is 11.1 Å². The quantitative estimate of drug-likeness (QED) is 0.256. The number of rotatable bonds is 4. The zero-order valence-electron chi connectivity index (χ0n) is 20.3. The van der Waals surface area contributed by atoms with E-state index in [4.69, 9.17) is 0 Å².